The van der Waals surface area contributed by atoms with Gasteiger partial charge in [0, 0.05) is 24.3 Å². The Morgan fingerprint density at radius 2 is 2.05 bits per heavy atom. The predicted molar refractivity (Wildman–Crippen MR) is 78.2 cm³/mol. The molecule has 1 aromatic heterocycles. The Balaban J connectivity index is 2.27. The number of nitrogens with one attached hydrogen (secondary N) is 1. The topological polar surface area (TPSA) is 34.1 Å². The summed E-state index contributed by atoms with van der Waals surface area (Å²) in [5, 5.41) is 3.42. The van der Waals surface area contributed by atoms with Crippen LogP contribution in [0.15, 0.2) is 42.6 Å². The molecule has 19 heavy (non-hydrogen) atoms. The van der Waals surface area contributed by atoms with Crippen molar-refractivity contribution in [2.75, 3.05) is 7.11 Å². The molecule has 3 nitrogen and oxygen atoms in total. The number of rotatable bonds is 5. The predicted octanol–water partition coefficient (Wildman–Crippen LogP) is 3.26. The molecule has 0 bridgehead atoms. The molecule has 0 aliphatic rings. The molecule has 0 aliphatic carbocycles. The Labute approximate surface area is 114 Å². The van der Waals surface area contributed by atoms with Gasteiger partial charge in [0.25, 0.3) is 0 Å². The molecule has 3 heteroatoms. The van der Waals surface area contributed by atoms with E-state index in [-0.39, 0.29) is 0 Å². The van der Waals surface area contributed by atoms with Gasteiger partial charge in [0.2, 0.25) is 0 Å². The monoisotopic (exact) mass is 256 g/mol. The highest BCUT2D eigenvalue weighted by Gasteiger charge is 2.07. The van der Waals surface area contributed by atoms with Gasteiger partial charge in [-0.05, 0) is 23.8 Å². The van der Waals surface area contributed by atoms with E-state index in [1.807, 2.05) is 12.1 Å². The lowest BCUT2D eigenvalue weighted by molar-refractivity contribution is 0.415. The lowest BCUT2D eigenvalue weighted by Gasteiger charge is -2.11. The van der Waals surface area contributed by atoms with Crippen molar-refractivity contribution in [1.29, 1.82) is 0 Å². The van der Waals surface area contributed by atoms with E-state index in [9.17, 15) is 0 Å². The first-order chi connectivity index (χ1) is 9.20. The SMILES string of the molecule is COc1cccnc1-c1cccc(CNC(C)C)c1. The highest BCUT2D eigenvalue weighted by Crippen LogP contribution is 2.27. The van der Waals surface area contributed by atoms with Gasteiger partial charge in [-0.15, -0.1) is 0 Å². The highest BCUT2D eigenvalue weighted by molar-refractivity contribution is 5.66. The molecule has 100 valence electrons. The summed E-state index contributed by atoms with van der Waals surface area (Å²) >= 11 is 0. The molecule has 0 saturated heterocycles. The maximum absolute atomic E-state index is 5.36. The van der Waals surface area contributed by atoms with Crippen LogP contribution in [0.25, 0.3) is 11.3 Å². The van der Waals surface area contributed by atoms with E-state index in [0.29, 0.717) is 6.04 Å². The number of aromatic nitrogens is 1. The fraction of sp³-hybridized carbons (Fsp3) is 0.312. The third-order valence-corrected chi connectivity index (χ3v) is 2.91. The summed E-state index contributed by atoms with van der Waals surface area (Å²) in [7, 11) is 1.67. The van der Waals surface area contributed by atoms with E-state index in [1.54, 1.807) is 13.3 Å². The van der Waals surface area contributed by atoms with Gasteiger partial charge in [0.15, 0.2) is 0 Å². The van der Waals surface area contributed by atoms with Gasteiger partial charge in [0.1, 0.15) is 11.4 Å². The number of nitrogens with zero attached hydrogens (tertiary/aromatic N) is 1. The average Bonchev–Trinajstić information content (AvgIpc) is 2.45. The lowest BCUT2D eigenvalue weighted by atomic mass is 10.1. The maximum atomic E-state index is 5.36. The quantitative estimate of drug-likeness (QED) is 0.891. The van der Waals surface area contributed by atoms with Crippen LogP contribution in [0.3, 0.4) is 0 Å². The molecule has 0 aliphatic heterocycles. The second-order valence-electron chi connectivity index (χ2n) is 4.79. The number of benzene rings is 1. The Bertz CT molecular complexity index is 538. The molecule has 0 amide bonds. The van der Waals surface area contributed by atoms with E-state index in [2.05, 4.69) is 48.4 Å². The number of hydrogen-bond donors (Lipinski definition) is 1. The molecule has 1 heterocycles. The minimum Gasteiger partial charge on any atom is -0.494 e. The smallest absolute Gasteiger partial charge is 0.145 e. The van der Waals surface area contributed by atoms with Crippen molar-refractivity contribution in [2.45, 2.75) is 26.4 Å². The van der Waals surface area contributed by atoms with E-state index in [0.717, 1.165) is 23.6 Å². The third-order valence-electron chi connectivity index (χ3n) is 2.91. The zero-order chi connectivity index (χ0) is 13.7. The minimum absolute atomic E-state index is 0.480. The summed E-state index contributed by atoms with van der Waals surface area (Å²) in [6.45, 7) is 5.15. The van der Waals surface area contributed by atoms with Crippen molar-refractivity contribution in [3.8, 4) is 17.0 Å². The van der Waals surface area contributed by atoms with Crippen molar-refractivity contribution in [2.24, 2.45) is 0 Å². The van der Waals surface area contributed by atoms with Crippen LogP contribution < -0.4 is 10.1 Å². The first kappa shape index (κ1) is 13.6. The molecule has 1 N–H and O–H groups in total. The van der Waals surface area contributed by atoms with Crippen molar-refractivity contribution < 1.29 is 4.74 Å². The largest absolute Gasteiger partial charge is 0.494 e. The van der Waals surface area contributed by atoms with Crippen molar-refractivity contribution in [3.05, 3.63) is 48.2 Å². The number of methoxy groups -OCH3 is 1. The first-order valence-electron chi connectivity index (χ1n) is 6.52. The number of pyridine rings is 1. The fourth-order valence-corrected chi connectivity index (χ4v) is 1.92. The van der Waals surface area contributed by atoms with Crippen molar-refractivity contribution in [1.82, 2.24) is 10.3 Å². The van der Waals surface area contributed by atoms with Gasteiger partial charge >= 0.3 is 0 Å². The van der Waals surface area contributed by atoms with Gasteiger partial charge in [-0.1, -0.05) is 32.0 Å². The van der Waals surface area contributed by atoms with Crippen LogP contribution in [0.4, 0.5) is 0 Å². The Morgan fingerprint density at radius 3 is 2.79 bits per heavy atom. The molecular formula is C16H20N2O. The van der Waals surface area contributed by atoms with Crippen LogP contribution in [-0.4, -0.2) is 18.1 Å². The number of hydrogen-bond acceptors (Lipinski definition) is 3. The second kappa shape index (κ2) is 6.34. The van der Waals surface area contributed by atoms with Gasteiger partial charge < -0.3 is 10.1 Å². The molecule has 0 saturated carbocycles. The van der Waals surface area contributed by atoms with Crippen LogP contribution in [0.2, 0.25) is 0 Å². The van der Waals surface area contributed by atoms with E-state index >= 15 is 0 Å². The summed E-state index contributed by atoms with van der Waals surface area (Å²) in [5.41, 5.74) is 3.22. The van der Waals surface area contributed by atoms with Crippen LogP contribution in [0.5, 0.6) is 5.75 Å². The summed E-state index contributed by atoms with van der Waals surface area (Å²) < 4.78 is 5.36. The molecule has 0 atom stereocenters. The summed E-state index contributed by atoms with van der Waals surface area (Å²) in [6.07, 6.45) is 1.79. The van der Waals surface area contributed by atoms with Gasteiger partial charge in [-0.25, -0.2) is 0 Å². The van der Waals surface area contributed by atoms with E-state index in [4.69, 9.17) is 4.74 Å². The Hall–Kier alpha value is -1.87. The average molecular weight is 256 g/mol. The van der Waals surface area contributed by atoms with Gasteiger partial charge in [-0.2, -0.15) is 0 Å². The van der Waals surface area contributed by atoms with Crippen LogP contribution in [0.1, 0.15) is 19.4 Å². The minimum atomic E-state index is 0.480. The fourth-order valence-electron chi connectivity index (χ4n) is 1.92. The second-order valence-corrected chi connectivity index (χ2v) is 4.79. The molecule has 2 rings (SSSR count). The zero-order valence-electron chi connectivity index (χ0n) is 11.7. The Morgan fingerprint density at radius 1 is 1.21 bits per heavy atom. The summed E-state index contributed by atoms with van der Waals surface area (Å²) in [4.78, 5) is 4.41. The molecule has 2 aromatic rings. The first-order valence-corrected chi connectivity index (χ1v) is 6.52. The van der Waals surface area contributed by atoms with Crippen LogP contribution >= 0.6 is 0 Å². The highest BCUT2D eigenvalue weighted by atomic mass is 16.5. The van der Waals surface area contributed by atoms with E-state index in [1.165, 1.54) is 5.56 Å². The molecule has 0 fully saturated rings. The zero-order valence-corrected chi connectivity index (χ0v) is 11.7. The summed E-state index contributed by atoms with van der Waals surface area (Å²) in [5.74, 6) is 0.802. The number of ether oxygens (including phenoxy) is 1. The molecule has 0 radical (unpaired) electrons. The molecule has 1 aromatic carbocycles. The molecule has 0 spiro atoms. The molecular weight excluding hydrogens is 236 g/mol. The van der Waals surface area contributed by atoms with Crippen molar-refractivity contribution in [3.63, 3.8) is 0 Å². The van der Waals surface area contributed by atoms with Gasteiger partial charge in [0.05, 0.1) is 7.11 Å². The normalized spacial score (nSPS) is 10.7. The maximum Gasteiger partial charge on any atom is 0.145 e. The Kier molecular flexibility index (Phi) is 4.53. The lowest BCUT2D eigenvalue weighted by Crippen LogP contribution is -2.21. The van der Waals surface area contributed by atoms with Crippen LogP contribution in [-0.2, 0) is 6.54 Å². The standard InChI is InChI=1S/C16H20N2O/c1-12(2)18-11-13-6-4-7-14(10-13)16-15(19-3)8-5-9-17-16/h4-10,12,18H,11H2,1-3H3. The third kappa shape index (κ3) is 3.55. The van der Waals surface area contributed by atoms with Crippen LogP contribution in [0, 0.1) is 0 Å². The van der Waals surface area contributed by atoms with Gasteiger partial charge in [-0.3, -0.25) is 4.98 Å². The van der Waals surface area contributed by atoms with E-state index < -0.39 is 0 Å². The molecule has 0 unspecified atom stereocenters. The summed E-state index contributed by atoms with van der Waals surface area (Å²) in [6, 6.07) is 12.7. The van der Waals surface area contributed by atoms with Crippen molar-refractivity contribution >= 4 is 0 Å².